The zero-order valence-electron chi connectivity index (χ0n) is 14.8. The maximum atomic E-state index is 12.6. The molecular formula is C18H24N4O2. The Kier molecular flexibility index (Phi) is 5.39. The van der Waals surface area contributed by atoms with Crippen LogP contribution in [-0.4, -0.2) is 41.5 Å². The second-order valence-corrected chi connectivity index (χ2v) is 6.29. The lowest BCUT2D eigenvalue weighted by Gasteiger charge is -2.18. The van der Waals surface area contributed by atoms with Crippen LogP contribution in [0, 0.1) is 12.8 Å². The number of hydrogen-bond acceptors (Lipinski definition) is 5. The number of benzene rings is 1. The van der Waals surface area contributed by atoms with Crippen LogP contribution in [0.3, 0.4) is 0 Å². The predicted molar refractivity (Wildman–Crippen MR) is 95.0 cm³/mol. The molecule has 6 nitrogen and oxygen atoms in total. The summed E-state index contributed by atoms with van der Waals surface area (Å²) in [5.74, 6) is 1.03. The molecule has 1 amide bonds. The first-order valence-corrected chi connectivity index (χ1v) is 7.89. The van der Waals surface area contributed by atoms with Crippen molar-refractivity contribution in [3.63, 3.8) is 0 Å². The lowest BCUT2D eigenvalue weighted by atomic mass is 10.0. The van der Waals surface area contributed by atoms with Gasteiger partial charge in [0.2, 0.25) is 5.95 Å². The van der Waals surface area contributed by atoms with Crippen LogP contribution >= 0.6 is 0 Å². The summed E-state index contributed by atoms with van der Waals surface area (Å²) in [6.07, 6.45) is 0. The Bertz CT molecular complexity index is 742. The van der Waals surface area contributed by atoms with Crippen molar-refractivity contribution in [3.8, 4) is 17.0 Å². The summed E-state index contributed by atoms with van der Waals surface area (Å²) in [7, 11) is 3.39. The fraction of sp³-hybridized carbons (Fsp3) is 0.389. The van der Waals surface area contributed by atoms with Crippen LogP contribution in [0.2, 0.25) is 0 Å². The fourth-order valence-electron chi connectivity index (χ4n) is 2.31. The molecule has 1 aromatic heterocycles. The SMILES string of the molecule is Cc1nc(N)nc(-c2ccccc2OCC(C)C)c1C(=O)N(C)C. The molecule has 0 bridgehead atoms. The van der Waals surface area contributed by atoms with E-state index in [1.54, 1.807) is 21.0 Å². The Morgan fingerprint density at radius 3 is 2.54 bits per heavy atom. The van der Waals surface area contributed by atoms with Crippen LogP contribution in [0.4, 0.5) is 5.95 Å². The molecule has 1 heterocycles. The molecule has 0 radical (unpaired) electrons. The highest BCUT2D eigenvalue weighted by Gasteiger charge is 2.22. The number of nitrogens with zero attached hydrogens (tertiary/aromatic N) is 3. The molecule has 0 aliphatic heterocycles. The number of rotatable bonds is 5. The first kappa shape index (κ1) is 17.7. The monoisotopic (exact) mass is 328 g/mol. The summed E-state index contributed by atoms with van der Waals surface area (Å²) >= 11 is 0. The average molecular weight is 328 g/mol. The van der Waals surface area contributed by atoms with Gasteiger partial charge in [0.25, 0.3) is 5.91 Å². The van der Waals surface area contributed by atoms with Gasteiger partial charge in [-0.15, -0.1) is 0 Å². The molecule has 6 heteroatoms. The molecule has 0 aliphatic carbocycles. The largest absolute Gasteiger partial charge is 0.493 e. The average Bonchev–Trinajstić information content (AvgIpc) is 2.51. The molecule has 128 valence electrons. The van der Waals surface area contributed by atoms with Crippen LogP contribution < -0.4 is 10.5 Å². The van der Waals surface area contributed by atoms with Crippen molar-refractivity contribution in [2.75, 3.05) is 26.4 Å². The summed E-state index contributed by atoms with van der Waals surface area (Å²) in [5.41, 5.74) is 8.05. The number of aryl methyl sites for hydroxylation is 1. The standard InChI is InChI=1S/C18H24N4O2/c1-11(2)10-24-14-9-7-6-8-13(14)16-15(17(23)22(4)5)12(3)20-18(19)21-16/h6-9,11H,10H2,1-5H3,(H2,19,20,21). The van der Waals surface area contributed by atoms with E-state index >= 15 is 0 Å². The molecule has 0 aliphatic rings. The number of nitrogens with two attached hydrogens (primary N) is 1. The van der Waals surface area contributed by atoms with E-state index in [0.29, 0.717) is 35.2 Å². The quantitative estimate of drug-likeness (QED) is 0.912. The molecule has 0 unspecified atom stereocenters. The smallest absolute Gasteiger partial charge is 0.257 e. The van der Waals surface area contributed by atoms with Gasteiger partial charge in [-0.05, 0) is 25.0 Å². The van der Waals surface area contributed by atoms with Gasteiger partial charge in [-0.25, -0.2) is 9.97 Å². The molecule has 2 rings (SSSR count). The van der Waals surface area contributed by atoms with Crippen LogP contribution in [0.1, 0.15) is 29.9 Å². The van der Waals surface area contributed by atoms with E-state index in [0.717, 1.165) is 5.56 Å². The molecule has 1 aromatic carbocycles. The van der Waals surface area contributed by atoms with E-state index in [1.807, 2.05) is 24.3 Å². The second-order valence-electron chi connectivity index (χ2n) is 6.29. The first-order chi connectivity index (χ1) is 11.3. The fourth-order valence-corrected chi connectivity index (χ4v) is 2.31. The van der Waals surface area contributed by atoms with E-state index in [-0.39, 0.29) is 11.9 Å². The number of carbonyl (C=O) groups is 1. The molecule has 2 N–H and O–H groups in total. The molecule has 0 fully saturated rings. The van der Waals surface area contributed by atoms with Crippen molar-refractivity contribution in [2.24, 2.45) is 5.92 Å². The zero-order valence-corrected chi connectivity index (χ0v) is 14.8. The number of carbonyl (C=O) groups excluding carboxylic acids is 1. The molecule has 0 saturated carbocycles. The van der Waals surface area contributed by atoms with E-state index < -0.39 is 0 Å². The normalized spacial score (nSPS) is 10.8. The number of amides is 1. The molecule has 0 atom stereocenters. The van der Waals surface area contributed by atoms with Crippen LogP contribution in [0.15, 0.2) is 24.3 Å². The Morgan fingerprint density at radius 1 is 1.25 bits per heavy atom. The summed E-state index contributed by atoms with van der Waals surface area (Å²) in [6, 6.07) is 7.53. The minimum atomic E-state index is -0.166. The van der Waals surface area contributed by atoms with Gasteiger partial charge in [0, 0.05) is 19.7 Å². The maximum absolute atomic E-state index is 12.6. The van der Waals surface area contributed by atoms with Gasteiger partial charge in [0.1, 0.15) is 5.75 Å². The van der Waals surface area contributed by atoms with Gasteiger partial charge in [0.05, 0.1) is 23.6 Å². The van der Waals surface area contributed by atoms with Gasteiger partial charge in [-0.1, -0.05) is 26.0 Å². The lowest BCUT2D eigenvalue weighted by molar-refractivity contribution is 0.0827. The highest BCUT2D eigenvalue weighted by molar-refractivity contribution is 6.01. The third-order valence-corrected chi connectivity index (χ3v) is 3.44. The second kappa shape index (κ2) is 7.29. The summed E-state index contributed by atoms with van der Waals surface area (Å²) < 4.78 is 5.90. The number of ether oxygens (including phenoxy) is 1. The van der Waals surface area contributed by atoms with Crippen LogP contribution in [0.5, 0.6) is 5.75 Å². The predicted octanol–water partition coefficient (Wildman–Crippen LogP) is 2.77. The van der Waals surface area contributed by atoms with Crippen molar-refractivity contribution in [1.82, 2.24) is 14.9 Å². The Hall–Kier alpha value is -2.63. The third-order valence-electron chi connectivity index (χ3n) is 3.44. The zero-order chi connectivity index (χ0) is 17.9. The van der Waals surface area contributed by atoms with Gasteiger partial charge < -0.3 is 15.4 Å². The Labute approximate surface area is 142 Å². The summed E-state index contributed by atoms with van der Waals surface area (Å²) in [5, 5.41) is 0. The van der Waals surface area contributed by atoms with E-state index in [4.69, 9.17) is 10.5 Å². The molecule has 0 saturated heterocycles. The van der Waals surface area contributed by atoms with E-state index in [2.05, 4.69) is 23.8 Å². The minimum Gasteiger partial charge on any atom is -0.493 e. The number of hydrogen-bond donors (Lipinski definition) is 1. The molecule has 0 spiro atoms. The van der Waals surface area contributed by atoms with Crippen molar-refractivity contribution >= 4 is 11.9 Å². The Balaban J connectivity index is 2.62. The van der Waals surface area contributed by atoms with Gasteiger partial charge >= 0.3 is 0 Å². The molecular weight excluding hydrogens is 304 g/mol. The Morgan fingerprint density at radius 2 is 1.92 bits per heavy atom. The van der Waals surface area contributed by atoms with E-state index in [9.17, 15) is 4.79 Å². The molecule has 2 aromatic rings. The number of nitrogen functional groups attached to an aromatic ring is 1. The molecule has 24 heavy (non-hydrogen) atoms. The van der Waals surface area contributed by atoms with Gasteiger partial charge in [-0.2, -0.15) is 0 Å². The first-order valence-electron chi connectivity index (χ1n) is 7.89. The van der Waals surface area contributed by atoms with Crippen molar-refractivity contribution < 1.29 is 9.53 Å². The topological polar surface area (TPSA) is 81.3 Å². The van der Waals surface area contributed by atoms with Crippen LogP contribution in [-0.2, 0) is 0 Å². The number of aromatic nitrogens is 2. The third kappa shape index (κ3) is 3.82. The van der Waals surface area contributed by atoms with Crippen molar-refractivity contribution in [2.45, 2.75) is 20.8 Å². The highest BCUT2D eigenvalue weighted by Crippen LogP contribution is 2.33. The summed E-state index contributed by atoms with van der Waals surface area (Å²) in [6.45, 7) is 6.50. The minimum absolute atomic E-state index is 0.136. The lowest BCUT2D eigenvalue weighted by Crippen LogP contribution is -2.24. The van der Waals surface area contributed by atoms with Gasteiger partial charge in [0.15, 0.2) is 0 Å². The maximum Gasteiger partial charge on any atom is 0.257 e. The summed E-state index contributed by atoms with van der Waals surface area (Å²) in [4.78, 5) is 22.6. The van der Waals surface area contributed by atoms with Crippen molar-refractivity contribution in [1.29, 1.82) is 0 Å². The highest BCUT2D eigenvalue weighted by atomic mass is 16.5. The van der Waals surface area contributed by atoms with Crippen LogP contribution in [0.25, 0.3) is 11.3 Å². The number of anilines is 1. The van der Waals surface area contributed by atoms with E-state index in [1.165, 1.54) is 4.90 Å². The van der Waals surface area contributed by atoms with Crippen molar-refractivity contribution in [3.05, 3.63) is 35.5 Å². The number of para-hydroxylation sites is 1. The van der Waals surface area contributed by atoms with Gasteiger partial charge in [-0.3, -0.25) is 4.79 Å².